The number of hydrogen-bond acceptors (Lipinski definition) is 9. The zero-order valence-corrected chi connectivity index (χ0v) is 24.5. The summed E-state index contributed by atoms with van der Waals surface area (Å²) in [6.07, 6.45) is 0.250. The number of hydrazone groups is 1. The Labute approximate surface area is 240 Å². The molecule has 198 valence electrons. The van der Waals surface area contributed by atoms with E-state index in [0.717, 1.165) is 3.57 Å². The summed E-state index contributed by atoms with van der Waals surface area (Å²) in [5.74, 6) is 0.241. The zero-order valence-electron chi connectivity index (χ0n) is 20.2. The molecular formula is C24H26I2N4O7. The second-order valence-electron chi connectivity index (χ2n) is 7.74. The van der Waals surface area contributed by atoms with Gasteiger partial charge in [-0.3, -0.25) is 5.43 Å². The number of nitrogens with zero attached hydrogens (tertiary/aromatic N) is 1. The van der Waals surface area contributed by atoms with E-state index in [4.69, 9.17) is 14.2 Å². The summed E-state index contributed by atoms with van der Waals surface area (Å²) in [6, 6.07) is 7.36. The predicted molar refractivity (Wildman–Crippen MR) is 153 cm³/mol. The van der Waals surface area contributed by atoms with Gasteiger partial charge in [0.2, 0.25) is 0 Å². The smallest absolute Gasteiger partial charge is 0.337 e. The number of hydrogen-bond donors (Lipinski definition) is 5. The molecular weight excluding hydrogens is 710 g/mol. The van der Waals surface area contributed by atoms with Crippen molar-refractivity contribution >= 4 is 63.4 Å². The number of amides is 2. The molecule has 13 heteroatoms. The first-order valence-corrected chi connectivity index (χ1v) is 13.2. The summed E-state index contributed by atoms with van der Waals surface area (Å²) >= 11 is 4.17. The molecule has 2 atom stereocenters. The predicted octanol–water partition coefficient (Wildman–Crippen LogP) is 3.12. The highest BCUT2D eigenvalue weighted by molar-refractivity contribution is 14.1. The first-order chi connectivity index (χ1) is 17.6. The molecule has 0 radical (unpaired) electrons. The fourth-order valence-corrected chi connectivity index (χ4v) is 5.39. The number of ether oxygens (including phenoxy) is 3. The fourth-order valence-electron chi connectivity index (χ4n) is 3.50. The molecule has 1 aliphatic heterocycles. The van der Waals surface area contributed by atoms with Crippen LogP contribution in [0.15, 0.2) is 46.7 Å². The second kappa shape index (κ2) is 13.1. The number of carbonyl (C=O) groups is 2. The lowest BCUT2D eigenvalue weighted by molar-refractivity contribution is -0.136. The molecule has 2 aromatic rings. The van der Waals surface area contributed by atoms with E-state index in [9.17, 15) is 19.8 Å². The van der Waals surface area contributed by atoms with E-state index >= 15 is 0 Å². The molecule has 0 fully saturated rings. The third kappa shape index (κ3) is 7.38. The Morgan fingerprint density at radius 3 is 2.70 bits per heavy atom. The van der Waals surface area contributed by atoms with Crippen molar-refractivity contribution in [2.75, 3.05) is 20.3 Å². The summed E-state index contributed by atoms with van der Waals surface area (Å²) < 4.78 is 17.9. The molecule has 0 bridgehead atoms. The Hall–Kier alpha value is -2.79. The van der Waals surface area contributed by atoms with Gasteiger partial charge in [0.1, 0.15) is 12.4 Å². The van der Waals surface area contributed by atoms with Gasteiger partial charge in [0, 0.05) is 14.8 Å². The van der Waals surface area contributed by atoms with Crippen molar-refractivity contribution in [1.82, 2.24) is 16.1 Å². The quantitative estimate of drug-likeness (QED) is 0.0822. The van der Waals surface area contributed by atoms with Crippen LogP contribution in [0, 0.1) is 7.14 Å². The van der Waals surface area contributed by atoms with Gasteiger partial charge < -0.3 is 35.1 Å². The van der Waals surface area contributed by atoms with E-state index in [1.807, 2.05) is 28.7 Å². The molecule has 37 heavy (non-hydrogen) atoms. The average Bonchev–Trinajstić information content (AvgIpc) is 2.85. The molecule has 1 heterocycles. The Bertz CT molecular complexity index is 1240. The van der Waals surface area contributed by atoms with Gasteiger partial charge in [0.25, 0.3) is 0 Å². The van der Waals surface area contributed by atoms with E-state index < -0.39 is 24.3 Å². The van der Waals surface area contributed by atoms with Crippen LogP contribution in [0.2, 0.25) is 0 Å². The third-order valence-corrected chi connectivity index (χ3v) is 6.60. The fraction of sp³-hybridized carbons (Fsp3) is 0.292. The molecule has 0 saturated heterocycles. The first kappa shape index (κ1) is 28.8. The number of phenols is 1. The molecule has 0 spiro atoms. The molecule has 3 rings (SSSR count). The maximum absolute atomic E-state index is 12.4. The lowest BCUT2D eigenvalue weighted by atomic mass is 9.95. The van der Waals surface area contributed by atoms with Crippen molar-refractivity contribution in [2.45, 2.75) is 26.1 Å². The van der Waals surface area contributed by atoms with Crippen LogP contribution in [-0.4, -0.2) is 55.0 Å². The van der Waals surface area contributed by atoms with Crippen LogP contribution >= 0.6 is 45.2 Å². The first-order valence-electron chi connectivity index (χ1n) is 11.0. The van der Waals surface area contributed by atoms with Gasteiger partial charge >= 0.3 is 12.0 Å². The third-order valence-electron chi connectivity index (χ3n) is 5.16. The van der Waals surface area contributed by atoms with Crippen LogP contribution in [0.1, 0.15) is 31.0 Å². The maximum atomic E-state index is 12.4. The largest absolute Gasteiger partial charge is 0.506 e. The number of urea groups is 1. The van der Waals surface area contributed by atoms with Crippen LogP contribution < -0.4 is 25.5 Å². The molecule has 1 aliphatic rings. The van der Waals surface area contributed by atoms with E-state index in [1.165, 1.54) is 13.3 Å². The SMILES string of the molecule is CCOc1cc([C@H]2NC(=O)NC(C)=C2C(=O)OC)ccc1OC[C@H](O)N/N=C\c1cc(I)cc(I)c1O. The standard InChI is InChI=1S/C24H26I2N4O7/c1-4-36-18-8-13(21-20(23(33)35-3)12(2)28-24(34)29-21)5-6-17(18)37-11-19(31)30-27-10-14-7-15(25)9-16(26)22(14)32/h5-10,19,21,30-32H,4,11H2,1-3H3,(H2,28,29,34)/b27-10-/t19-,21+/m0/s1. The number of methoxy groups -OCH3 is 1. The maximum Gasteiger partial charge on any atom is 0.337 e. The molecule has 0 aliphatic carbocycles. The van der Waals surface area contributed by atoms with Crippen molar-refractivity contribution in [2.24, 2.45) is 5.10 Å². The molecule has 11 nitrogen and oxygen atoms in total. The van der Waals surface area contributed by atoms with E-state index in [0.29, 0.717) is 38.5 Å². The number of esters is 1. The highest BCUT2D eigenvalue weighted by atomic mass is 127. The number of aliphatic hydroxyl groups is 1. The summed E-state index contributed by atoms with van der Waals surface area (Å²) in [6.45, 7) is 3.60. The summed E-state index contributed by atoms with van der Waals surface area (Å²) in [4.78, 5) is 24.4. The normalized spacial score (nSPS) is 16.2. The number of benzene rings is 2. The summed E-state index contributed by atoms with van der Waals surface area (Å²) in [7, 11) is 1.27. The zero-order chi connectivity index (χ0) is 27.1. The van der Waals surface area contributed by atoms with Gasteiger partial charge in [-0.15, -0.1) is 0 Å². The molecule has 5 N–H and O–H groups in total. The van der Waals surface area contributed by atoms with Gasteiger partial charge in [-0.1, -0.05) is 6.07 Å². The van der Waals surface area contributed by atoms with Crippen molar-refractivity contribution in [3.05, 3.63) is 59.9 Å². The Morgan fingerprint density at radius 2 is 2.00 bits per heavy atom. The number of aromatic hydroxyl groups is 1. The lowest BCUT2D eigenvalue weighted by Gasteiger charge is -2.28. The average molecular weight is 736 g/mol. The van der Waals surface area contributed by atoms with Crippen molar-refractivity contribution < 1.29 is 34.0 Å². The van der Waals surface area contributed by atoms with E-state index in [2.05, 4.69) is 43.8 Å². The lowest BCUT2D eigenvalue weighted by Crippen LogP contribution is -2.45. The van der Waals surface area contributed by atoms with Crippen LogP contribution in [-0.2, 0) is 9.53 Å². The van der Waals surface area contributed by atoms with Crippen LogP contribution in [0.4, 0.5) is 4.79 Å². The number of rotatable bonds is 10. The molecule has 0 saturated carbocycles. The minimum atomic E-state index is -1.16. The van der Waals surface area contributed by atoms with Gasteiger partial charge in [0.05, 0.1) is 35.1 Å². The van der Waals surface area contributed by atoms with Crippen LogP contribution in [0.5, 0.6) is 17.2 Å². The summed E-state index contributed by atoms with van der Waals surface area (Å²) in [5, 5.41) is 29.7. The van der Waals surface area contributed by atoms with Gasteiger partial charge in [-0.25, -0.2) is 9.59 Å². The minimum Gasteiger partial charge on any atom is -0.506 e. The topological polar surface area (TPSA) is 151 Å². The highest BCUT2D eigenvalue weighted by Crippen LogP contribution is 2.35. The Balaban J connectivity index is 1.72. The minimum absolute atomic E-state index is 0.101. The van der Waals surface area contributed by atoms with Gasteiger partial charge in [-0.2, -0.15) is 5.10 Å². The van der Waals surface area contributed by atoms with Crippen molar-refractivity contribution in [1.29, 1.82) is 0 Å². The molecule has 0 unspecified atom stereocenters. The molecule has 2 aromatic carbocycles. The van der Waals surface area contributed by atoms with E-state index in [-0.39, 0.29) is 17.9 Å². The molecule has 0 aromatic heterocycles. The number of nitrogens with one attached hydrogen (secondary N) is 3. The summed E-state index contributed by atoms with van der Waals surface area (Å²) in [5.41, 5.74) is 4.30. The van der Waals surface area contributed by atoms with Gasteiger partial charge in [-0.05, 0) is 88.9 Å². The monoisotopic (exact) mass is 736 g/mol. The highest BCUT2D eigenvalue weighted by Gasteiger charge is 2.32. The number of allylic oxidation sites excluding steroid dienone is 1. The Morgan fingerprint density at radius 1 is 1.24 bits per heavy atom. The number of halogens is 2. The second-order valence-corrected chi connectivity index (χ2v) is 10.1. The van der Waals surface area contributed by atoms with Crippen molar-refractivity contribution in [3.8, 4) is 17.2 Å². The van der Waals surface area contributed by atoms with Crippen LogP contribution in [0.25, 0.3) is 0 Å². The number of aliphatic hydroxyl groups excluding tert-OH is 1. The van der Waals surface area contributed by atoms with Gasteiger partial charge in [0.15, 0.2) is 17.7 Å². The van der Waals surface area contributed by atoms with Crippen molar-refractivity contribution in [3.63, 3.8) is 0 Å². The van der Waals surface area contributed by atoms with E-state index in [1.54, 1.807) is 38.1 Å². The number of carbonyl (C=O) groups excluding carboxylic acids is 2. The Kier molecular flexibility index (Phi) is 10.2. The number of phenolic OH excluding ortho intramolecular Hbond substituents is 1. The molecule has 2 amide bonds. The van der Waals surface area contributed by atoms with Crippen LogP contribution in [0.3, 0.4) is 0 Å².